The monoisotopic (exact) mass is 722 g/mol. The number of hydrogen-bond donors (Lipinski definition) is 3. The summed E-state index contributed by atoms with van der Waals surface area (Å²) in [6.45, 7) is 3.66. The summed E-state index contributed by atoms with van der Waals surface area (Å²) in [6, 6.07) is 23.0. The van der Waals surface area contributed by atoms with Crippen LogP contribution in [0.1, 0.15) is 48.3 Å². The van der Waals surface area contributed by atoms with Crippen molar-refractivity contribution in [1.82, 2.24) is 15.6 Å². The lowest BCUT2D eigenvalue weighted by atomic mass is 9.82. The third-order valence-corrected chi connectivity index (χ3v) is 9.27. The molecular weight excluding hydrogens is 672 g/mol. The first-order valence-electron chi connectivity index (χ1n) is 17.6. The number of benzene rings is 3. The van der Waals surface area contributed by atoms with Gasteiger partial charge in [0.2, 0.25) is 5.91 Å². The predicted octanol–water partition coefficient (Wildman–Crippen LogP) is 4.92. The van der Waals surface area contributed by atoms with Crippen molar-refractivity contribution < 1.29 is 48.5 Å². The summed E-state index contributed by atoms with van der Waals surface area (Å²) in [5.41, 5.74) is 3.96. The third-order valence-electron chi connectivity index (χ3n) is 9.27. The Hall–Kier alpha value is -4.44. The van der Waals surface area contributed by atoms with Crippen molar-refractivity contribution in [1.29, 1.82) is 0 Å². The van der Waals surface area contributed by atoms with Crippen LogP contribution in [0, 0.1) is 0 Å². The summed E-state index contributed by atoms with van der Waals surface area (Å²) >= 11 is 0. The van der Waals surface area contributed by atoms with Crippen LogP contribution in [0.2, 0.25) is 0 Å². The molecule has 3 atom stereocenters. The number of nitrogens with one attached hydrogen (secondary N) is 1. The van der Waals surface area contributed by atoms with Gasteiger partial charge in [-0.05, 0) is 53.8 Å². The highest BCUT2D eigenvalue weighted by Crippen LogP contribution is 2.38. The molecule has 2 heterocycles. The van der Waals surface area contributed by atoms with Crippen molar-refractivity contribution in [3.63, 3.8) is 0 Å². The smallest absolute Gasteiger partial charge is 0.410 e. The van der Waals surface area contributed by atoms with Gasteiger partial charge >= 0.3 is 6.09 Å². The average Bonchev–Trinajstić information content (AvgIpc) is 3.16. The maximum atomic E-state index is 13.6. The molecule has 0 bridgehead atoms. The number of piperidine rings is 1. The summed E-state index contributed by atoms with van der Waals surface area (Å²) in [6.07, 6.45) is 0.605. The van der Waals surface area contributed by atoms with E-state index < -0.39 is 18.2 Å². The highest BCUT2D eigenvalue weighted by atomic mass is 17.1. The van der Waals surface area contributed by atoms with Crippen molar-refractivity contribution in [2.24, 2.45) is 0 Å². The van der Waals surface area contributed by atoms with Gasteiger partial charge in [0.25, 0.3) is 0 Å². The summed E-state index contributed by atoms with van der Waals surface area (Å²) in [5, 5.41) is 20.2. The summed E-state index contributed by atoms with van der Waals surface area (Å²) in [5.74, 6) is 1.21. The van der Waals surface area contributed by atoms with E-state index in [0.29, 0.717) is 26.2 Å². The minimum atomic E-state index is -0.592. The van der Waals surface area contributed by atoms with Gasteiger partial charge in [-0.3, -0.25) is 20.0 Å². The molecular formula is C38H50N4O10. The second kappa shape index (κ2) is 20.0. The van der Waals surface area contributed by atoms with E-state index in [1.54, 1.807) is 19.1 Å². The van der Waals surface area contributed by atoms with E-state index >= 15 is 0 Å². The SMILES string of the molecule is COCCCN1CCOc2ccc(COC3CN(C(=O)OCCCON(O)O)C(CC(=O)NCc4ccccc4)CC3c3ccc(OC)cc3)cc21. The van der Waals surface area contributed by atoms with E-state index in [2.05, 4.69) is 21.1 Å². The van der Waals surface area contributed by atoms with Gasteiger partial charge < -0.3 is 38.8 Å². The molecule has 0 saturated carbocycles. The molecule has 3 aromatic carbocycles. The van der Waals surface area contributed by atoms with Gasteiger partial charge in [0, 0.05) is 51.6 Å². The van der Waals surface area contributed by atoms with Crippen LogP contribution in [0.15, 0.2) is 72.8 Å². The lowest BCUT2D eigenvalue weighted by Gasteiger charge is -2.43. The molecule has 3 unspecified atom stereocenters. The van der Waals surface area contributed by atoms with Crippen LogP contribution < -0.4 is 19.7 Å². The number of amides is 2. The predicted molar refractivity (Wildman–Crippen MR) is 190 cm³/mol. The molecule has 2 aliphatic heterocycles. The summed E-state index contributed by atoms with van der Waals surface area (Å²) < 4.78 is 28.9. The van der Waals surface area contributed by atoms with Gasteiger partial charge in [0.05, 0.1) is 57.2 Å². The Balaban J connectivity index is 1.35. The first kappa shape index (κ1) is 38.8. The Bertz CT molecular complexity index is 1540. The highest BCUT2D eigenvalue weighted by molar-refractivity contribution is 5.78. The van der Waals surface area contributed by atoms with E-state index in [9.17, 15) is 9.59 Å². The highest BCUT2D eigenvalue weighted by Gasteiger charge is 2.41. The van der Waals surface area contributed by atoms with E-state index in [4.69, 9.17) is 34.1 Å². The standard InChI is InChI=1S/C38H50N4O10/c1-47-18-6-16-40-17-21-49-35-15-10-29(22-34(35)40)27-51-36-26-41(38(44)50-19-7-20-52-42(45)46)31(23-33(36)30-11-13-32(48-2)14-12-30)24-37(43)39-25-28-8-4-3-5-9-28/h3-5,8-15,22,31,33,36,45-46H,6-7,16-21,23-27H2,1-2H3,(H,39,43). The zero-order chi connectivity index (χ0) is 36.7. The molecule has 52 heavy (non-hydrogen) atoms. The molecule has 14 nitrogen and oxygen atoms in total. The fraction of sp³-hybridized carbons (Fsp3) is 0.474. The van der Waals surface area contributed by atoms with Crippen molar-refractivity contribution in [3.8, 4) is 11.5 Å². The second-order valence-corrected chi connectivity index (χ2v) is 12.8. The fourth-order valence-electron chi connectivity index (χ4n) is 6.60. The molecule has 1 saturated heterocycles. The Morgan fingerprint density at radius 3 is 2.52 bits per heavy atom. The number of carbonyl (C=O) groups excluding carboxylic acids is 2. The van der Waals surface area contributed by atoms with E-state index in [1.165, 1.54) is 0 Å². The minimum absolute atomic E-state index is 0.0262. The maximum absolute atomic E-state index is 13.6. The number of fused-ring (bicyclic) bond motifs is 1. The zero-order valence-corrected chi connectivity index (χ0v) is 29.9. The van der Waals surface area contributed by atoms with Gasteiger partial charge in [0.1, 0.15) is 18.1 Å². The molecule has 1 fully saturated rings. The van der Waals surface area contributed by atoms with E-state index in [-0.39, 0.29) is 56.4 Å². The Morgan fingerprint density at radius 2 is 1.77 bits per heavy atom. The minimum Gasteiger partial charge on any atom is -0.497 e. The van der Waals surface area contributed by atoms with Crippen LogP contribution >= 0.6 is 0 Å². The van der Waals surface area contributed by atoms with Gasteiger partial charge in [-0.25, -0.2) is 4.79 Å². The lowest BCUT2D eigenvalue weighted by Crippen LogP contribution is -2.53. The largest absolute Gasteiger partial charge is 0.497 e. The molecule has 5 rings (SSSR count). The number of methoxy groups -OCH3 is 2. The number of likely N-dealkylation sites (tertiary alicyclic amines) is 1. The molecule has 14 heteroatoms. The van der Waals surface area contributed by atoms with Crippen molar-refractivity contribution >= 4 is 17.7 Å². The van der Waals surface area contributed by atoms with E-state index in [0.717, 1.165) is 53.4 Å². The van der Waals surface area contributed by atoms with Crippen LogP contribution in [-0.2, 0) is 37.0 Å². The average molecular weight is 723 g/mol. The lowest BCUT2D eigenvalue weighted by molar-refractivity contribution is -0.492. The Kier molecular flexibility index (Phi) is 14.9. The van der Waals surface area contributed by atoms with Gasteiger partial charge in [-0.2, -0.15) is 0 Å². The van der Waals surface area contributed by atoms with Crippen LogP contribution in [0.5, 0.6) is 11.5 Å². The molecule has 3 N–H and O–H groups in total. The fourth-order valence-corrected chi connectivity index (χ4v) is 6.60. The summed E-state index contributed by atoms with van der Waals surface area (Å²) in [7, 11) is 3.32. The van der Waals surface area contributed by atoms with Crippen LogP contribution in [-0.4, -0.2) is 105 Å². The van der Waals surface area contributed by atoms with Crippen molar-refractivity contribution in [2.75, 3.05) is 65.2 Å². The number of ether oxygens (including phenoxy) is 5. The molecule has 3 aromatic rings. The number of hydrogen-bond acceptors (Lipinski definition) is 12. The molecule has 0 spiro atoms. The first-order chi connectivity index (χ1) is 25.3. The Labute approximate surface area is 304 Å². The number of carbonyl (C=O) groups is 2. The normalized spacial score (nSPS) is 18.4. The van der Waals surface area contributed by atoms with Crippen LogP contribution in [0.25, 0.3) is 0 Å². The van der Waals surface area contributed by atoms with Crippen LogP contribution in [0.4, 0.5) is 10.5 Å². The second-order valence-electron chi connectivity index (χ2n) is 12.8. The summed E-state index contributed by atoms with van der Waals surface area (Å²) in [4.78, 5) is 35.4. The maximum Gasteiger partial charge on any atom is 0.410 e. The van der Waals surface area contributed by atoms with Gasteiger partial charge in [-0.15, -0.1) is 0 Å². The van der Waals surface area contributed by atoms with Crippen molar-refractivity contribution in [3.05, 3.63) is 89.5 Å². The van der Waals surface area contributed by atoms with Crippen molar-refractivity contribution in [2.45, 2.75) is 56.9 Å². The van der Waals surface area contributed by atoms with Gasteiger partial charge in [0.15, 0.2) is 0 Å². The Morgan fingerprint density at radius 1 is 0.962 bits per heavy atom. The molecule has 2 amide bonds. The number of nitrogens with zero attached hydrogens (tertiary/aromatic N) is 3. The van der Waals surface area contributed by atoms with Gasteiger partial charge in [-0.1, -0.05) is 48.5 Å². The topological polar surface area (TPSA) is 152 Å². The third kappa shape index (κ3) is 11.3. The number of anilines is 1. The molecule has 0 radical (unpaired) electrons. The van der Waals surface area contributed by atoms with Crippen LogP contribution in [0.3, 0.4) is 0 Å². The molecule has 2 aliphatic rings. The molecule has 0 aromatic heterocycles. The molecule has 0 aliphatic carbocycles. The molecule has 282 valence electrons. The number of rotatable bonds is 18. The first-order valence-corrected chi connectivity index (χ1v) is 17.6. The zero-order valence-electron chi connectivity index (χ0n) is 29.9. The van der Waals surface area contributed by atoms with E-state index in [1.807, 2.05) is 66.7 Å². The quantitative estimate of drug-likeness (QED) is 0.121.